The van der Waals surface area contributed by atoms with E-state index in [0.29, 0.717) is 12.2 Å². The average Bonchev–Trinajstić information content (AvgIpc) is 2.87. The highest BCUT2D eigenvalue weighted by molar-refractivity contribution is 5.28. The van der Waals surface area contributed by atoms with Crippen molar-refractivity contribution in [2.75, 3.05) is 13.7 Å². The maximum atomic E-state index is 8.88. The van der Waals surface area contributed by atoms with Crippen molar-refractivity contribution in [1.82, 2.24) is 10.1 Å². The SMILES string of the molecule is COc1ccc(Cc2noc([C@H](N)CO)n2)cc1. The van der Waals surface area contributed by atoms with Gasteiger partial charge in [-0.15, -0.1) is 0 Å². The second-order valence-corrected chi connectivity index (χ2v) is 3.86. The van der Waals surface area contributed by atoms with Crippen molar-refractivity contribution in [2.45, 2.75) is 12.5 Å². The molecule has 0 saturated heterocycles. The maximum absolute atomic E-state index is 8.88. The molecule has 96 valence electrons. The van der Waals surface area contributed by atoms with Gasteiger partial charge in [0.15, 0.2) is 5.82 Å². The van der Waals surface area contributed by atoms with Crippen molar-refractivity contribution < 1.29 is 14.4 Å². The van der Waals surface area contributed by atoms with Crippen LogP contribution in [0.25, 0.3) is 0 Å². The Kier molecular flexibility index (Phi) is 3.91. The number of rotatable bonds is 5. The van der Waals surface area contributed by atoms with Gasteiger partial charge in [-0.1, -0.05) is 17.3 Å². The lowest BCUT2D eigenvalue weighted by atomic mass is 10.1. The molecule has 0 aliphatic heterocycles. The highest BCUT2D eigenvalue weighted by atomic mass is 16.5. The zero-order chi connectivity index (χ0) is 13.0. The number of nitrogens with zero attached hydrogens (tertiary/aromatic N) is 2. The van der Waals surface area contributed by atoms with Gasteiger partial charge in [-0.2, -0.15) is 4.98 Å². The molecule has 6 nitrogen and oxygen atoms in total. The number of hydrogen-bond acceptors (Lipinski definition) is 6. The lowest BCUT2D eigenvalue weighted by Crippen LogP contribution is -2.14. The van der Waals surface area contributed by atoms with Gasteiger partial charge >= 0.3 is 0 Å². The molecule has 3 N–H and O–H groups in total. The molecule has 2 rings (SSSR count). The quantitative estimate of drug-likeness (QED) is 0.808. The Labute approximate surface area is 104 Å². The number of benzene rings is 1. The molecule has 0 bridgehead atoms. The first kappa shape index (κ1) is 12.5. The summed E-state index contributed by atoms with van der Waals surface area (Å²) in [5.41, 5.74) is 6.62. The van der Waals surface area contributed by atoms with E-state index in [1.54, 1.807) is 7.11 Å². The molecule has 0 aliphatic rings. The minimum absolute atomic E-state index is 0.218. The highest BCUT2D eigenvalue weighted by Crippen LogP contribution is 2.14. The first-order valence-electron chi connectivity index (χ1n) is 5.54. The van der Waals surface area contributed by atoms with Crippen molar-refractivity contribution in [3.8, 4) is 5.75 Å². The molecule has 0 saturated carbocycles. The summed E-state index contributed by atoms with van der Waals surface area (Å²) in [5, 5.41) is 12.7. The van der Waals surface area contributed by atoms with E-state index in [1.165, 1.54) is 0 Å². The standard InChI is InChI=1S/C12H15N3O3/c1-17-9-4-2-8(3-5-9)6-11-14-12(18-15-11)10(13)7-16/h2-5,10,16H,6-7,13H2,1H3/t10-/m1/s1. The minimum atomic E-state index is -0.623. The summed E-state index contributed by atoms with van der Waals surface area (Å²) in [4.78, 5) is 4.12. The lowest BCUT2D eigenvalue weighted by molar-refractivity contribution is 0.236. The third kappa shape index (κ3) is 2.85. The number of nitrogens with two attached hydrogens (primary N) is 1. The number of ether oxygens (including phenoxy) is 1. The van der Waals surface area contributed by atoms with Crippen LogP contribution in [-0.2, 0) is 6.42 Å². The molecule has 6 heteroatoms. The van der Waals surface area contributed by atoms with E-state index < -0.39 is 6.04 Å². The summed E-state index contributed by atoms with van der Waals surface area (Å²) in [6, 6.07) is 6.98. The highest BCUT2D eigenvalue weighted by Gasteiger charge is 2.13. The van der Waals surface area contributed by atoms with E-state index in [-0.39, 0.29) is 12.5 Å². The summed E-state index contributed by atoms with van der Waals surface area (Å²) in [6.07, 6.45) is 0.547. The fourth-order valence-electron chi connectivity index (χ4n) is 1.49. The van der Waals surface area contributed by atoms with Crippen molar-refractivity contribution >= 4 is 0 Å². The van der Waals surface area contributed by atoms with Crippen LogP contribution in [0.4, 0.5) is 0 Å². The molecule has 0 amide bonds. The molecule has 1 aromatic heterocycles. The minimum Gasteiger partial charge on any atom is -0.497 e. The molecule has 0 spiro atoms. The fraction of sp³-hybridized carbons (Fsp3) is 0.333. The first-order chi connectivity index (χ1) is 8.72. The van der Waals surface area contributed by atoms with Gasteiger partial charge in [0, 0.05) is 6.42 Å². The zero-order valence-corrected chi connectivity index (χ0v) is 10.0. The van der Waals surface area contributed by atoms with E-state index in [1.807, 2.05) is 24.3 Å². The van der Waals surface area contributed by atoms with E-state index in [2.05, 4.69) is 10.1 Å². The Balaban J connectivity index is 2.06. The number of hydrogen-bond donors (Lipinski definition) is 2. The summed E-state index contributed by atoms with van der Waals surface area (Å²) >= 11 is 0. The molecule has 1 heterocycles. The van der Waals surface area contributed by atoms with Gasteiger partial charge in [0.25, 0.3) is 0 Å². The van der Waals surface area contributed by atoms with E-state index in [4.69, 9.17) is 20.1 Å². The van der Waals surface area contributed by atoms with Gasteiger partial charge in [-0.3, -0.25) is 0 Å². The third-order valence-corrected chi connectivity index (χ3v) is 2.52. The van der Waals surface area contributed by atoms with Crippen LogP contribution in [0.5, 0.6) is 5.75 Å². The van der Waals surface area contributed by atoms with Crippen LogP contribution in [0.15, 0.2) is 28.8 Å². The molecule has 0 aliphatic carbocycles. The first-order valence-corrected chi connectivity index (χ1v) is 5.54. The molecule has 0 fully saturated rings. The molecule has 1 atom stereocenters. The van der Waals surface area contributed by atoms with Crippen LogP contribution in [0.2, 0.25) is 0 Å². The van der Waals surface area contributed by atoms with Gasteiger partial charge < -0.3 is 20.1 Å². The lowest BCUT2D eigenvalue weighted by Gasteiger charge is -2.01. The Morgan fingerprint density at radius 3 is 2.72 bits per heavy atom. The van der Waals surface area contributed by atoms with Gasteiger partial charge in [0.2, 0.25) is 5.89 Å². The normalized spacial score (nSPS) is 12.4. The largest absolute Gasteiger partial charge is 0.497 e. The Morgan fingerprint density at radius 1 is 1.39 bits per heavy atom. The summed E-state index contributed by atoms with van der Waals surface area (Å²) in [6.45, 7) is -0.218. The molecule has 0 unspecified atom stereocenters. The topological polar surface area (TPSA) is 94.4 Å². The molecule has 18 heavy (non-hydrogen) atoms. The third-order valence-electron chi connectivity index (χ3n) is 2.52. The van der Waals surface area contributed by atoms with Gasteiger partial charge in [0.05, 0.1) is 13.7 Å². The fourth-order valence-corrected chi connectivity index (χ4v) is 1.49. The number of aliphatic hydroxyl groups is 1. The van der Waals surface area contributed by atoms with Gasteiger partial charge in [0.1, 0.15) is 11.8 Å². The molecular weight excluding hydrogens is 234 g/mol. The molecule has 2 aromatic rings. The zero-order valence-electron chi connectivity index (χ0n) is 10.0. The van der Waals surface area contributed by atoms with Crippen molar-refractivity contribution in [3.63, 3.8) is 0 Å². The maximum Gasteiger partial charge on any atom is 0.245 e. The Hall–Kier alpha value is -1.92. The van der Waals surface area contributed by atoms with Crippen LogP contribution in [0.1, 0.15) is 23.3 Å². The second kappa shape index (κ2) is 5.61. The van der Waals surface area contributed by atoms with Crippen molar-refractivity contribution in [3.05, 3.63) is 41.5 Å². The number of aromatic nitrogens is 2. The van der Waals surface area contributed by atoms with E-state index >= 15 is 0 Å². The smallest absolute Gasteiger partial charge is 0.245 e. The summed E-state index contributed by atoms with van der Waals surface area (Å²) in [7, 11) is 1.62. The second-order valence-electron chi connectivity index (χ2n) is 3.86. The van der Waals surface area contributed by atoms with Crippen LogP contribution in [-0.4, -0.2) is 29.0 Å². The Morgan fingerprint density at radius 2 is 2.11 bits per heavy atom. The van der Waals surface area contributed by atoms with E-state index in [0.717, 1.165) is 11.3 Å². The van der Waals surface area contributed by atoms with Crippen LogP contribution in [0, 0.1) is 0 Å². The van der Waals surface area contributed by atoms with Crippen LogP contribution in [0.3, 0.4) is 0 Å². The van der Waals surface area contributed by atoms with Crippen molar-refractivity contribution in [2.24, 2.45) is 5.73 Å². The Bertz CT molecular complexity index is 496. The van der Waals surface area contributed by atoms with Gasteiger partial charge in [-0.05, 0) is 17.7 Å². The van der Waals surface area contributed by atoms with E-state index in [9.17, 15) is 0 Å². The van der Waals surface area contributed by atoms with Crippen LogP contribution < -0.4 is 10.5 Å². The summed E-state index contributed by atoms with van der Waals surface area (Å²) < 4.78 is 10.0. The average molecular weight is 249 g/mol. The molecular formula is C12H15N3O3. The van der Waals surface area contributed by atoms with Crippen molar-refractivity contribution in [1.29, 1.82) is 0 Å². The predicted molar refractivity (Wildman–Crippen MR) is 64.1 cm³/mol. The van der Waals surface area contributed by atoms with Crippen LogP contribution >= 0.6 is 0 Å². The molecule has 0 radical (unpaired) electrons. The summed E-state index contributed by atoms with van der Waals surface area (Å²) in [5.74, 6) is 1.59. The monoisotopic (exact) mass is 249 g/mol. The number of aliphatic hydroxyl groups excluding tert-OH is 1. The number of methoxy groups -OCH3 is 1. The predicted octanol–water partition coefficient (Wildman–Crippen LogP) is 0.661. The molecule has 1 aromatic carbocycles. The van der Waals surface area contributed by atoms with Gasteiger partial charge in [-0.25, -0.2) is 0 Å².